The molecule has 1 heterocycles. The molecule has 2 unspecified atom stereocenters. The van der Waals surface area contributed by atoms with Crippen molar-refractivity contribution >= 4 is 17.7 Å². The van der Waals surface area contributed by atoms with Crippen LogP contribution in [0.1, 0.15) is 33.6 Å². The van der Waals surface area contributed by atoms with E-state index >= 15 is 0 Å². The van der Waals surface area contributed by atoms with Crippen LogP contribution in [-0.2, 0) is 4.79 Å². The second kappa shape index (κ2) is 6.80. The molecule has 1 rings (SSSR count). The van der Waals surface area contributed by atoms with Crippen molar-refractivity contribution in [2.45, 2.75) is 39.7 Å². The highest BCUT2D eigenvalue weighted by atomic mass is 32.2. The van der Waals surface area contributed by atoms with Gasteiger partial charge in [0.15, 0.2) is 0 Å². The predicted molar refractivity (Wildman–Crippen MR) is 80.0 cm³/mol. The van der Waals surface area contributed by atoms with Gasteiger partial charge in [-0.3, -0.25) is 4.79 Å². The van der Waals surface area contributed by atoms with Gasteiger partial charge >= 0.3 is 0 Å². The molecule has 1 aliphatic heterocycles. The minimum atomic E-state index is -0.180. The van der Waals surface area contributed by atoms with E-state index in [2.05, 4.69) is 32.3 Å². The van der Waals surface area contributed by atoms with E-state index in [4.69, 9.17) is 0 Å². The maximum Gasteiger partial charge on any atom is 0.230 e. The molecule has 0 aromatic rings. The summed E-state index contributed by atoms with van der Waals surface area (Å²) in [4.78, 5) is 14.9. The van der Waals surface area contributed by atoms with Crippen LogP contribution in [-0.4, -0.2) is 49.0 Å². The molecule has 1 saturated heterocycles. The van der Waals surface area contributed by atoms with Gasteiger partial charge in [0.2, 0.25) is 5.91 Å². The summed E-state index contributed by atoms with van der Waals surface area (Å²) in [6.45, 7) is 8.32. The summed E-state index contributed by atoms with van der Waals surface area (Å²) in [6.07, 6.45) is 4.12. The molecule has 3 nitrogen and oxygen atoms in total. The van der Waals surface area contributed by atoms with Gasteiger partial charge in [-0.15, -0.1) is 0 Å². The molecule has 18 heavy (non-hydrogen) atoms. The maximum absolute atomic E-state index is 12.9. The van der Waals surface area contributed by atoms with E-state index in [1.54, 1.807) is 0 Å². The Morgan fingerprint density at radius 2 is 2.17 bits per heavy atom. The van der Waals surface area contributed by atoms with E-state index in [1.165, 1.54) is 0 Å². The Balaban J connectivity index is 2.83. The Bertz CT molecular complexity index is 275. The average molecular weight is 272 g/mol. The van der Waals surface area contributed by atoms with Gasteiger partial charge < -0.3 is 10.2 Å². The van der Waals surface area contributed by atoms with Crippen molar-refractivity contribution in [1.82, 2.24) is 10.2 Å². The van der Waals surface area contributed by atoms with Crippen LogP contribution in [0.3, 0.4) is 0 Å². The van der Waals surface area contributed by atoms with E-state index in [0.717, 1.165) is 31.7 Å². The van der Waals surface area contributed by atoms with E-state index in [1.807, 2.05) is 23.7 Å². The van der Waals surface area contributed by atoms with Crippen LogP contribution in [0.15, 0.2) is 0 Å². The zero-order valence-corrected chi connectivity index (χ0v) is 13.3. The Kier molecular flexibility index (Phi) is 5.99. The summed E-state index contributed by atoms with van der Waals surface area (Å²) in [5, 5.41) is 3.37. The van der Waals surface area contributed by atoms with Crippen molar-refractivity contribution in [3.05, 3.63) is 0 Å². The minimum Gasteiger partial charge on any atom is -0.341 e. The molecular weight excluding hydrogens is 244 g/mol. The molecular formula is C14H28N2OS. The Morgan fingerprint density at radius 3 is 2.56 bits per heavy atom. The monoisotopic (exact) mass is 272 g/mol. The first-order chi connectivity index (χ1) is 8.49. The first-order valence-corrected chi connectivity index (χ1v) is 8.36. The van der Waals surface area contributed by atoms with Gasteiger partial charge in [0.1, 0.15) is 0 Å². The number of amides is 1. The number of carbonyl (C=O) groups is 1. The highest BCUT2D eigenvalue weighted by molar-refractivity contribution is 7.98. The molecule has 0 bridgehead atoms. The summed E-state index contributed by atoms with van der Waals surface area (Å²) in [5.41, 5.74) is -0.180. The number of thioether (sulfide) groups is 1. The van der Waals surface area contributed by atoms with E-state index in [-0.39, 0.29) is 5.41 Å². The fraction of sp³-hybridized carbons (Fsp3) is 0.929. The van der Waals surface area contributed by atoms with Crippen LogP contribution < -0.4 is 5.32 Å². The molecule has 1 fully saturated rings. The van der Waals surface area contributed by atoms with Crippen molar-refractivity contribution in [3.63, 3.8) is 0 Å². The van der Waals surface area contributed by atoms with E-state index in [9.17, 15) is 4.79 Å². The standard InChI is InChI=1S/C14H28N2OS/c1-6-12(9-18-5)16(4)13(17)14(11(2)3)7-8-15-10-14/h11-12,15H,6-10H2,1-5H3. The van der Waals surface area contributed by atoms with Gasteiger partial charge in [0.25, 0.3) is 0 Å². The second-order valence-corrected chi connectivity index (χ2v) is 6.58. The second-order valence-electron chi connectivity index (χ2n) is 5.67. The van der Waals surface area contributed by atoms with Crippen LogP contribution in [0, 0.1) is 11.3 Å². The Morgan fingerprint density at radius 1 is 1.50 bits per heavy atom. The molecule has 0 aromatic heterocycles. The highest BCUT2D eigenvalue weighted by Crippen LogP contribution is 2.36. The molecule has 2 atom stereocenters. The smallest absolute Gasteiger partial charge is 0.230 e. The van der Waals surface area contributed by atoms with Gasteiger partial charge in [0, 0.05) is 25.4 Å². The van der Waals surface area contributed by atoms with Crippen LogP contribution in [0.25, 0.3) is 0 Å². The van der Waals surface area contributed by atoms with Gasteiger partial charge in [-0.1, -0.05) is 20.8 Å². The normalized spacial score (nSPS) is 25.4. The molecule has 1 N–H and O–H groups in total. The fourth-order valence-electron chi connectivity index (χ4n) is 2.85. The van der Waals surface area contributed by atoms with Gasteiger partial charge in [-0.2, -0.15) is 11.8 Å². The van der Waals surface area contributed by atoms with Crippen molar-refractivity contribution in [1.29, 1.82) is 0 Å². The van der Waals surface area contributed by atoms with Crippen molar-refractivity contribution in [2.24, 2.45) is 11.3 Å². The van der Waals surface area contributed by atoms with Crippen molar-refractivity contribution in [2.75, 3.05) is 32.1 Å². The summed E-state index contributed by atoms with van der Waals surface area (Å²) < 4.78 is 0. The Labute approximate surface area is 116 Å². The number of carbonyl (C=O) groups excluding carboxylic acids is 1. The molecule has 0 aliphatic carbocycles. The van der Waals surface area contributed by atoms with Gasteiger partial charge in [-0.05, 0) is 31.6 Å². The van der Waals surface area contributed by atoms with Crippen molar-refractivity contribution < 1.29 is 4.79 Å². The summed E-state index contributed by atoms with van der Waals surface area (Å²) in [6, 6.07) is 0.365. The van der Waals surface area contributed by atoms with Crippen LogP contribution in [0.5, 0.6) is 0 Å². The number of hydrogen-bond acceptors (Lipinski definition) is 3. The number of nitrogens with one attached hydrogen (secondary N) is 1. The van der Waals surface area contributed by atoms with Crippen molar-refractivity contribution in [3.8, 4) is 0 Å². The first-order valence-electron chi connectivity index (χ1n) is 6.96. The summed E-state index contributed by atoms with van der Waals surface area (Å²) in [5.74, 6) is 1.76. The first kappa shape index (κ1) is 15.8. The predicted octanol–water partition coefficient (Wildman–Crippen LogP) is 2.22. The molecule has 4 heteroatoms. The number of nitrogens with zero attached hydrogens (tertiary/aromatic N) is 1. The lowest BCUT2D eigenvalue weighted by atomic mass is 9.75. The molecule has 0 radical (unpaired) electrons. The third-order valence-corrected chi connectivity index (χ3v) is 5.14. The largest absolute Gasteiger partial charge is 0.341 e. The fourth-order valence-corrected chi connectivity index (χ4v) is 3.69. The molecule has 0 spiro atoms. The molecule has 1 amide bonds. The quantitative estimate of drug-likeness (QED) is 0.805. The number of rotatable bonds is 6. The van der Waals surface area contributed by atoms with Crippen LogP contribution in [0.4, 0.5) is 0 Å². The lowest BCUT2D eigenvalue weighted by Gasteiger charge is -2.38. The molecule has 1 aliphatic rings. The minimum absolute atomic E-state index is 0.180. The zero-order chi connectivity index (χ0) is 13.8. The van der Waals surface area contributed by atoms with Crippen LogP contribution >= 0.6 is 11.8 Å². The zero-order valence-electron chi connectivity index (χ0n) is 12.5. The Hall–Kier alpha value is -0.220. The lowest BCUT2D eigenvalue weighted by Crippen LogP contribution is -2.50. The average Bonchev–Trinajstić information content (AvgIpc) is 2.84. The molecule has 106 valence electrons. The van der Waals surface area contributed by atoms with E-state index in [0.29, 0.717) is 17.9 Å². The van der Waals surface area contributed by atoms with Gasteiger partial charge in [0.05, 0.1) is 5.41 Å². The van der Waals surface area contributed by atoms with E-state index < -0.39 is 0 Å². The summed E-state index contributed by atoms with van der Waals surface area (Å²) >= 11 is 1.82. The third kappa shape index (κ3) is 3.02. The maximum atomic E-state index is 12.9. The highest BCUT2D eigenvalue weighted by Gasteiger charge is 2.46. The topological polar surface area (TPSA) is 32.3 Å². The number of hydrogen-bond donors (Lipinski definition) is 1. The lowest BCUT2D eigenvalue weighted by molar-refractivity contribution is -0.144. The SMILES string of the molecule is CCC(CSC)N(C)C(=O)C1(C(C)C)CCNC1. The molecule has 0 aromatic carbocycles. The van der Waals surface area contributed by atoms with Crippen LogP contribution in [0.2, 0.25) is 0 Å². The van der Waals surface area contributed by atoms with Gasteiger partial charge in [-0.25, -0.2) is 0 Å². The molecule has 0 saturated carbocycles. The third-order valence-electron chi connectivity index (χ3n) is 4.42. The summed E-state index contributed by atoms with van der Waals surface area (Å²) in [7, 11) is 1.98.